The topological polar surface area (TPSA) is 187 Å². The molecule has 3 aromatic rings. The normalized spacial score (nSPS) is 20.3. The number of carbonyl (C=O) groups is 5. The molecule has 5 aliphatic rings. The van der Waals surface area contributed by atoms with E-state index in [9.17, 15) is 24.0 Å². The maximum absolute atomic E-state index is 12.5. The fourth-order valence-electron chi connectivity index (χ4n) is 14.9. The van der Waals surface area contributed by atoms with Crippen molar-refractivity contribution in [3.8, 4) is 0 Å². The Kier molecular flexibility index (Phi) is 46.1. The summed E-state index contributed by atoms with van der Waals surface area (Å²) in [6, 6.07) is 30.7. The maximum atomic E-state index is 12.5. The van der Waals surface area contributed by atoms with E-state index in [1.165, 1.54) is 119 Å². The van der Waals surface area contributed by atoms with E-state index in [2.05, 4.69) is 119 Å². The quantitative estimate of drug-likeness (QED) is 0.0160. The first-order valence-corrected chi connectivity index (χ1v) is 37.0. The molecular weight excluding hydrogens is 1220 g/mol. The first kappa shape index (κ1) is 90.6. The first-order chi connectivity index (χ1) is 44.2. The maximum Gasteiger partial charge on any atom is 1.00 e. The third-order valence-electron chi connectivity index (χ3n) is 19.9. The van der Waals surface area contributed by atoms with Gasteiger partial charge >= 0.3 is 53.4 Å². The summed E-state index contributed by atoms with van der Waals surface area (Å²) in [6.07, 6.45) is 29.0. The van der Waals surface area contributed by atoms with Crippen LogP contribution in [0.1, 0.15) is 253 Å². The zero-order chi connectivity index (χ0) is 69.5. The van der Waals surface area contributed by atoms with Gasteiger partial charge < -0.3 is 40.0 Å². The molecule has 4 unspecified atom stereocenters. The van der Waals surface area contributed by atoms with E-state index in [0.29, 0.717) is 55.8 Å². The summed E-state index contributed by atoms with van der Waals surface area (Å²) in [7, 11) is 0. The number of allylic oxidation sites excluding steroid dienone is 5. The number of ether oxygens (including phenoxy) is 4. The van der Waals surface area contributed by atoms with Crippen LogP contribution in [0.2, 0.25) is 0 Å². The number of carboxylic acid groups (broad SMARTS) is 1. The van der Waals surface area contributed by atoms with Gasteiger partial charge in [0.05, 0.1) is 19.8 Å². The van der Waals surface area contributed by atoms with Gasteiger partial charge in [0.15, 0.2) is 0 Å². The number of hydrogen-bond acceptors (Lipinski definition) is 10. The number of benzene rings is 3. The molecule has 12 nitrogen and oxygen atoms in total. The Bertz CT molecular complexity index is 2670. The fraction of sp³-hybridized carbons (Fsp3) is 0.630. The van der Waals surface area contributed by atoms with Crippen LogP contribution in [0.3, 0.4) is 0 Å². The summed E-state index contributed by atoms with van der Waals surface area (Å²) < 4.78 is 20.1. The monoisotopic (exact) mass is 1350 g/mol. The second-order valence-electron chi connectivity index (χ2n) is 28.6. The van der Waals surface area contributed by atoms with Gasteiger partial charge in [-0.2, -0.15) is 0 Å². The van der Waals surface area contributed by atoms with Gasteiger partial charge in [0, 0.05) is 44.3 Å². The number of carbonyl (C=O) groups excluding carboxylic acids is 4. The van der Waals surface area contributed by atoms with Crippen molar-refractivity contribution in [2.75, 3.05) is 33.0 Å². The molecule has 3 fully saturated rings. The van der Waals surface area contributed by atoms with Crippen molar-refractivity contribution in [2.45, 2.75) is 253 Å². The van der Waals surface area contributed by atoms with E-state index < -0.39 is 12.9 Å². The number of rotatable bonds is 20. The summed E-state index contributed by atoms with van der Waals surface area (Å²) in [5, 5.41) is 18.3. The SMILES string of the molecule is C.C1CCOC1.CC1=C(CC=O)C(C)(C)CCC1.CC1CCCC(C)(C)C1CCCC(=O)O.CCOC(=O)/C=C/CC1=C(C)CCCC1(C)C.CCOC(=O)C=P(c1ccccc1)(c1ccccc1)c1ccccc1.CCOC(=O)CCCC1C(C)CCCC1(C)C.[NH-]O.[Na+]. The van der Waals surface area contributed by atoms with Crippen molar-refractivity contribution < 1.29 is 82.8 Å². The molecule has 530 valence electrons. The molecule has 1 heterocycles. The molecule has 1 aliphatic heterocycles. The molecule has 95 heavy (non-hydrogen) atoms. The standard InChI is InChI=1S/C22H21O2P.C15H28O2.C15H24O2.C13H24O2.C11H18O.C4H8O.CH4.H2NO.Na/c1-2-24-22(23)18-25(19-12-6-3-7-13-19,20-14-8-4-9-15-20)21-16-10-5-11-17-21;2*1-5-17-14(16)10-6-9-13-12(2)8-7-11-15(13,3)4;1-10-6-5-9-13(2,3)11(10)7-4-8-12(14)15;1-9-5-4-7-11(2,3)10(9)6-8-12;1-2-4-5-3-1;;1-2;/h3-18H,2H2,1H3;12-13H,5-11H2,1-4H3;6,10H,5,7-9,11H2,1-4H3;10-11H,4-9H2,1-3H3,(H,14,15);8H,4-7H2,1-3H3;1-4H2;1H4;1-2H;/q;;;;;;;-1;+1/b;;10-6+;;;;;;. The average Bonchev–Trinajstić information content (AvgIpc) is 0.764. The van der Waals surface area contributed by atoms with E-state index in [1.807, 2.05) is 81.4 Å². The predicted octanol–water partition coefficient (Wildman–Crippen LogP) is 17.2. The van der Waals surface area contributed by atoms with E-state index in [1.54, 1.807) is 11.9 Å². The molecule has 1 saturated heterocycles. The van der Waals surface area contributed by atoms with Crippen molar-refractivity contribution in [1.29, 1.82) is 0 Å². The van der Waals surface area contributed by atoms with Gasteiger partial charge in [-0.1, -0.05) is 222 Å². The van der Waals surface area contributed by atoms with Crippen molar-refractivity contribution in [1.82, 2.24) is 0 Å². The third kappa shape index (κ3) is 32.4. The number of esters is 3. The van der Waals surface area contributed by atoms with Crippen LogP contribution in [-0.4, -0.2) is 79.3 Å². The smallest absolute Gasteiger partial charge is 0.553 e. The molecule has 0 bridgehead atoms. The van der Waals surface area contributed by atoms with Crippen LogP contribution >= 0.6 is 6.89 Å². The number of aliphatic carboxylic acids is 1. The van der Waals surface area contributed by atoms with Crippen LogP contribution in [-0.2, 0) is 42.9 Å². The van der Waals surface area contributed by atoms with Gasteiger partial charge in [-0.25, -0.2) is 9.59 Å². The van der Waals surface area contributed by atoms with Crippen molar-refractivity contribution >= 4 is 58.8 Å². The van der Waals surface area contributed by atoms with E-state index in [-0.39, 0.29) is 65.7 Å². The number of nitrogens with one attached hydrogen (secondary N) is 1. The molecule has 4 atom stereocenters. The van der Waals surface area contributed by atoms with Crippen molar-refractivity contribution in [2.24, 2.45) is 45.3 Å². The van der Waals surface area contributed by atoms with Crippen LogP contribution in [0.5, 0.6) is 0 Å². The van der Waals surface area contributed by atoms with Crippen LogP contribution in [0.25, 0.3) is 5.90 Å². The molecule has 8 rings (SSSR count). The fourth-order valence-corrected chi connectivity index (χ4v) is 18.6. The molecule has 0 radical (unpaired) electrons. The number of hydrogen-bond donors (Lipinski definition) is 2. The largest absolute Gasteiger partial charge is 1.00 e. The minimum Gasteiger partial charge on any atom is -0.553 e. The predicted molar refractivity (Wildman–Crippen MR) is 395 cm³/mol. The Labute approximate surface area is 599 Å². The molecular formula is C81H129NNaO11P. The van der Waals surface area contributed by atoms with Gasteiger partial charge in [-0.15, -0.1) is 0 Å². The summed E-state index contributed by atoms with van der Waals surface area (Å²) >= 11 is 0. The summed E-state index contributed by atoms with van der Waals surface area (Å²) in [6.45, 7) is 34.2. The van der Waals surface area contributed by atoms with Crippen molar-refractivity contribution in [3.63, 3.8) is 0 Å². The van der Waals surface area contributed by atoms with Crippen LogP contribution in [0.4, 0.5) is 0 Å². The molecule has 0 aromatic heterocycles. The second kappa shape index (κ2) is 48.4. The Hall–Kier alpha value is -4.39. The molecule has 14 heteroatoms. The molecule has 2 saturated carbocycles. The zero-order valence-electron chi connectivity index (χ0n) is 61.4. The van der Waals surface area contributed by atoms with E-state index >= 15 is 0 Å². The minimum atomic E-state index is -2.24. The molecule has 0 spiro atoms. The van der Waals surface area contributed by atoms with Gasteiger partial charge in [-0.05, 0) is 199 Å². The number of aldehydes is 1. The Morgan fingerprint density at radius 3 is 1.31 bits per heavy atom. The van der Waals surface area contributed by atoms with Crippen LogP contribution in [0, 0.1) is 45.3 Å². The first-order valence-electron chi connectivity index (χ1n) is 35.1. The average molecular weight is 1350 g/mol. The van der Waals surface area contributed by atoms with E-state index in [0.717, 1.165) is 78.9 Å². The van der Waals surface area contributed by atoms with Crippen molar-refractivity contribution in [3.05, 3.63) is 131 Å². The van der Waals surface area contributed by atoms with E-state index in [4.69, 9.17) is 35.2 Å². The Balaban J connectivity index is 0.00000115. The summed E-state index contributed by atoms with van der Waals surface area (Å²) in [5.41, 5.74) is 7.22. The zero-order valence-corrected chi connectivity index (χ0v) is 64.3. The van der Waals surface area contributed by atoms with Gasteiger partial charge in [0.1, 0.15) is 6.29 Å². The molecule has 4 aliphatic carbocycles. The third-order valence-corrected chi connectivity index (χ3v) is 23.8. The Morgan fingerprint density at radius 2 is 0.958 bits per heavy atom. The molecule has 0 amide bonds. The number of carboxylic acids is 1. The molecule has 3 N–H and O–H groups in total. The summed E-state index contributed by atoms with van der Waals surface area (Å²) in [4.78, 5) is 56.0. The Morgan fingerprint density at radius 1 is 0.568 bits per heavy atom. The van der Waals surface area contributed by atoms with Gasteiger partial charge in [0.2, 0.25) is 0 Å². The van der Waals surface area contributed by atoms with Crippen LogP contribution in [0.15, 0.2) is 125 Å². The van der Waals surface area contributed by atoms with Crippen LogP contribution < -0.4 is 45.5 Å². The van der Waals surface area contributed by atoms with Gasteiger partial charge in [0.25, 0.3) is 0 Å². The minimum absolute atomic E-state index is 0. The summed E-state index contributed by atoms with van der Waals surface area (Å²) in [5.74, 6) is 8.41. The molecule has 3 aromatic carbocycles. The van der Waals surface area contributed by atoms with Gasteiger partial charge in [-0.3, -0.25) is 9.59 Å². The second-order valence-corrected chi connectivity index (χ2v) is 31.8.